The Morgan fingerprint density at radius 1 is 1.03 bits per heavy atom. The summed E-state index contributed by atoms with van der Waals surface area (Å²) in [5.74, 6) is 1.01. The summed E-state index contributed by atoms with van der Waals surface area (Å²) in [4.78, 5) is 27.6. The zero-order valence-electron chi connectivity index (χ0n) is 20.9. The second-order valence-corrected chi connectivity index (χ2v) is 11.2. The highest BCUT2D eigenvalue weighted by Crippen LogP contribution is 2.44. The number of benzene rings is 2. The molecule has 2 amide bonds. The molecular formula is C29H34N2O3S. The van der Waals surface area contributed by atoms with Crippen molar-refractivity contribution < 1.29 is 14.3 Å². The SMILES string of the molecule is CCOc1ccc(NC(=O)c2c(NC(=O)Cc3ccccc3)sc3c2CCC(C(C)(C)C)C3)cc1. The number of carbonyl (C=O) groups excluding carboxylic acids is 2. The first kappa shape index (κ1) is 25.0. The molecule has 3 aromatic rings. The van der Waals surface area contributed by atoms with Crippen molar-refractivity contribution in [2.24, 2.45) is 11.3 Å². The van der Waals surface area contributed by atoms with Gasteiger partial charge < -0.3 is 15.4 Å². The second kappa shape index (κ2) is 10.6. The largest absolute Gasteiger partial charge is 0.494 e. The molecule has 4 rings (SSSR count). The number of ether oxygens (including phenoxy) is 1. The Balaban J connectivity index is 1.60. The fourth-order valence-electron chi connectivity index (χ4n) is 4.60. The third-order valence-electron chi connectivity index (χ3n) is 6.60. The predicted molar refractivity (Wildman–Crippen MR) is 144 cm³/mol. The molecule has 6 heteroatoms. The first-order valence-electron chi connectivity index (χ1n) is 12.3. The molecule has 0 saturated carbocycles. The number of thiophene rings is 1. The average Bonchev–Trinajstić information content (AvgIpc) is 3.17. The molecular weight excluding hydrogens is 456 g/mol. The van der Waals surface area contributed by atoms with Gasteiger partial charge in [-0.3, -0.25) is 9.59 Å². The number of fused-ring (bicyclic) bond motifs is 1. The van der Waals surface area contributed by atoms with Crippen molar-refractivity contribution in [2.75, 3.05) is 17.2 Å². The number of carbonyl (C=O) groups is 2. The van der Waals surface area contributed by atoms with Crippen molar-refractivity contribution in [3.05, 3.63) is 76.2 Å². The van der Waals surface area contributed by atoms with Crippen LogP contribution in [0.25, 0.3) is 0 Å². The van der Waals surface area contributed by atoms with Crippen molar-refractivity contribution in [3.8, 4) is 5.75 Å². The van der Waals surface area contributed by atoms with Crippen molar-refractivity contribution in [1.82, 2.24) is 0 Å². The van der Waals surface area contributed by atoms with Crippen LogP contribution in [0.1, 0.15) is 60.5 Å². The smallest absolute Gasteiger partial charge is 0.258 e. The molecule has 0 radical (unpaired) electrons. The van der Waals surface area contributed by atoms with E-state index < -0.39 is 0 Å². The molecule has 0 spiro atoms. The zero-order chi connectivity index (χ0) is 25.0. The highest BCUT2D eigenvalue weighted by atomic mass is 32.1. The molecule has 0 fully saturated rings. The summed E-state index contributed by atoms with van der Waals surface area (Å²) in [6.07, 6.45) is 3.08. The molecule has 35 heavy (non-hydrogen) atoms. The summed E-state index contributed by atoms with van der Waals surface area (Å²) < 4.78 is 5.50. The van der Waals surface area contributed by atoms with Gasteiger partial charge in [-0.25, -0.2) is 0 Å². The standard InChI is InChI=1S/C29H34N2O3S/c1-5-34-22-14-12-21(13-15-22)30-27(33)26-23-16-11-20(29(2,3)4)18-24(23)35-28(26)31-25(32)17-19-9-7-6-8-10-19/h6-10,12-15,20H,5,11,16-18H2,1-4H3,(H,30,33)(H,31,32). The Kier molecular flexibility index (Phi) is 7.60. The lowest BCUT2D eigenvalue weighted by molar-refractivity contribution is -0.115. The van der Waals surface area contributed by atoms with E-state index >= 15 is 0 Å². The maximum Gasteiger partial charge on any atom is 0.258 e. The number of amides is 2. The van der Waals surface area contributed by atoms with E-state index in [0.717, 1.165) is 36.1 Å². The number of hydrogen-bond acceptors (Lipinski definition) is 4. The quantitative estimate of drug-likeness (QED) is 0.386. The zero-order valence-corrected chi connectivity index (χ0v) is 21.8. The summed E-state index contributed by atoms with van der Waals surface area (Å²) in [7, 11) is 0. The first-order valence-corrected chi connectivity index (χ1v) is 13.1. The molecule has 0 aliphatic heterocycles. The van der Waals surface area contributed by atoms with Gasteiger partial charge in [-0.1, -0.05) is 51.1 Å². The summed E-state index contributed by atoms with van der Waals surface area (Å²) in [5.41, 5.74) is 3.52. The van der Waals surface area contributed by atoms with E-state index in [2.05, 4.69) is 31.4 Å². The van der Waals surface area contributed by atoms with Gasteiger partial charge in [0.15, 0.2) is 0 Å². The van der Waals surface area contributed by atoms with Crippen LogP contribution in [0.2, 0.25) is 0 Å². The number of rotatable bonds is 7. The lowest BCUT2D eigenvalue weighted by Gasteiger charge is -2.33. The number of anilines is 2. The van der Waals surface area contributed by atoms with Gasteiger partial charge in [0, 0.05) is 10.6 Å². The Bertz CT molecular complexity index is 1180. The first-order chi connectivity index (χ1) is 16.7. The van der Waals surface area contributed by atoms with E-state index in [9.17, 15) is 9.59 Å². The third-order valence-corrected chi connectivity index (χ3v) is 7.77. The predicted octanol–water partition coefficient (Wildman–Crippen LogP) is 6.73. The Labute approximate surface area is 211 Å². The lowest BCUT2D eigenvalue weighted by atomic mass is 9.72. The van der Waals surface area contributed by atoms with E-state index in [0.29, 0.717) is 28.8 Å². The van der Waals surface area contributed by atoms with Crippen molar-refractivity contribution in [3.63, 3.8) is 0 Å². The van der Waals surface area contributed by atoms with Crippen LogP contribution in [0.4, 0.5) is 10.7 Å². The molecule has 5 nitrogen and oxygen atoms in total. The van der Waals surface area contributed by atoms with E-state index in [4.69, 9.17) is 4.74 Å². The van der Waals surface area contributed by atoms with Gasteiger partial charge in [-0.2, -0.15) is 0 Å². The van der Waals surface area contributed by atoms with Crippen molar-refractivity contribution >= 4 is 33.8 Å². The minimum Gasteiger partial charge on any atom is -0.494 e. The van der Waals surface area contributed by atoms with Crippen LogP contribution >= 0.6 is 11.3 Å². The normalized spacial score (nSPS) is 15.3. The molecule has 184 valence electrons. The maximum absolute atomic E-state index is 13.5. The molecule has 1 aliphatic rings. The van der Waals surface area contributed by atoms with Gasteiger partial charge in [0.1, 0.15) is 10.8 Å². The molecule has 2 aromatic carbocycles. The van der Waals surface area contributed by atoms with E-state index in [1.807, 2.05) is 61.5 Å². The summed E-state index contributed by atoms with van der Waals surface area (Å²) in [5, 5.41) is 6.74. The van der Waals surface area contributed by atoms with Gasteiger partial charge in [0.25, 0.3) is 5.91 Å². The van der Waals surface area contributed by atoms with Gasteiger partial charge in [0.2, 0.25) is 5.91 Å². The van der Waals surface area contributed by atoms with Crippen LogP contribution in [-0.4, -0.2) is 18.4 Å². The summed E-state index contributed by atoms with van der Waals surface area (Å²) in [6, 6.07) is 17.0. The molecule has 1 unspecified atom stereocenters. The fourth-order valence-corrected chi connectivity index (χ4v) is 5.94. The van der Waals surface area contributed by atoms with Crippen molar-refractivity contribution in [1.29, 1.82) is 0 Å². The molecule has 0 saturated heterocycles. The molecule has 0 bridgehead atoms. The minimum atomic E-state index is -0.184. The second-order valence-electron chi connectivity index (χ2n) is 10.1. The topological polar surface area (TPSA) is 67.4 Å². The number of hydrogen-bond donors (Lipinski definition) is 2. The van der Waals surface area contributed by atoms with Gasteiger partial charge >= 0.3 is 0 Å². The average molecular weight is 491 g/mol. The Morgan fingerprint density at radius 3 is 2.40 bits per heavy atom. The highest BCUT2D eigenvalue weighted by Gasteiger charge is 2.34. The molecule has 1 atom stereocenters. The fraction of sp³-hybridized carbons (Fsp3) is 0.379. The van der Waals surface area contributed by atoms with Crippen LogP contribution < -0.4 is 15.4 Å². The highest BCUT2D eigenvalue weighted by molar-refractivity contribution is 7.17. The lowest BCUT2D eigenvalue weighted by Crippen LogP contribution is -2.27. The molecule has 1 aliphatic carbocycles. The van der Waals surface area contributed by atoms with Crippen LogP contribution in [0.3, 0.4) is 0 Å². The van der Waals surface area contributed by atoms with Crippen molar-refractivity contribution in [2.45, 2.75) is 53.4 Å². The Morgan fingerprint density at radius 2 is 1.74 bits per heavy atom. The summed E-state index contributed by atoms with van der Waals surface area (Å²) in [6.45, 7) is 9.36. The minimum absolute atomic E-state index is 0.114. The molecule has 1 aromatic heterocycles. The van der Waals surface area contributed by atoms with Gasteiger partial charge in [-0.15, -0.1) is 11.3 Å². The van der Waals surface area contributed by atoms with E-state index in [1.165, 1.54) is 4.88 Å². The number of nitrogens with one attached hydrogen (secondary N) is 2. The maximum atomic E-state index is 13.5. The van der Waals surface area contributed by atoms with Crippen LogP contribution in [-0.2, 0) is 24.1 Å². The van der Waals surface area contributed by atoms with Crippen LogP contribution in [0.5, 0.6) is 5.75 Å². The molecule has 2 N–H and O–H groups in total. The third kappa shape index (κ3) is 6.12. The van der Waals surface area contributed by atoms with E-state index in [1.54, 1.807) is 11.3 Å². The summed E-state index contributed by atoms with van der Waals surface area (Å²) >= 11 is 1.56. The van der Waals surface area contributed by atoms with Crippen LogP contribution in [0.15, 0.2) is 54.6 Å². The van der Waals surface area contributed by atoms with Gasteiger partial charge in [-0.05, 0) is 72.9 Å². The monoisotopic (exact) mass is 490 g/mol. The van der Waals surface area contributed by atoms with Crippen LogP contribution in [0, 0.1) is 11.3 Å². The Hall–Kier alpha value is -3.12. The van der Waals surface area contributed by atoms with Gasteiger partial charge in [0.05, 0.1) is 18.6 Å². The molecule has 1 heterocycles. The van der Waals surface area contributed by atoms with E-state index in [-0.39, 0.29) is 23.7 Å².